The summed E-state index contributed by atoms with van der Waals surface area (Å²) in [6, 6.07) is 3.37. The Morgan fingerprint density at radius 2 is 1.47 bits per heavy atom. The number of aldehydes is 1. The van der Waals surface area contributed by atoms with Gasteiger partial charge >= 0.3 is 10.1 Å². The third-order valence-electron chi connectivity index (χ3n) is 2.78. The van der Waals surface area contributed by atoms with Crippen LogP contribution in [0.1, 0.15) is 61.0 Å². The van der Waals surface area contributed by atoms with E-state index >= 15 is 0 Å². The number of carbonyl (C=O) groups is 1. The van der Waals surface area contributed by atoms with Crippen LogP contribution >= 0.6 is 0 Å². The van der Waals surface area contributed by atoms with Crippen LogP contribution in [0.25, 0.3) is 0 Å². The summed E-state index contributed by atoms with van der Waals surface area (Å²) in [7, 11) is -3.60. The highest BCUT2D eigenvalue weighted by Gasteiger charge is 2.20. The van der Waals surface area contributed by atoms with E-state index in [1.54, 1.807) is 12.1 Å². The number of carbonyl (C=O) groups excluding carboxylic acids is 1. The predicted octanol–water partition coefficient (Wildman–Crippen LogP) is 3.08. The summed E-state index contributed by atoms with van der Waals surface area (Å²) in [5.41, 5.74) is 2.01. The zero-order chi connectivity index (χ0) is 14.8. The summed E-state index contributed by atoms with van der Waals surface area (Å²) in [4.78, 5) is 11.0. The van der Waals surface area contributed by atoms with Crippen molar-refractivity contribution >= 4 is 16.4 Å². The molecule has 0 aliphatic carbocycles. The van der Waals surface area contributed by atoms with Gasteiger partial charge in [0.2, 0.25) is 0 Å². The second-order valence-corrected chi connectivity index (χ2v) is 6.82. The van der Waals surface area contributed by atoms with E-state index in [9.17, 15) is 13.2 Å². The highest BCUT2D eigenvalue weighted by atomic mass is 32.2. The molecule has 5 heteroatoms. The Hall–Kier alpha value is -1.36. The second kappa shape index (κ2) is 5.74. The summed E-state index contributed by atoms with van der Waals surface area (Å²) in [6.07, 6.45) is 1.79. The van der Waals surface area contributed by atoms with Gasteiger partial charge in [0.1, 0.15) is 12.0 Å². The van der Waals surface area contributed by atoms with Crippen molar-refractivity contribution in [2.24, 2.45) is 0 Å². The number of hydrogen-bond donors (Lipinski definition) is 0. The summed E-state index contributed by atoms with van der Waals surface area (Å²) in [6.45, 7) is 7.73. The fraction of sp³-hybridized carbons (Fsp3) is 0.500. The number of rotatable bonds is 5. The Bertz CT molecular complexity index is 542. The van der Waals surface area contributed by atoms with E-state index in [1.165, 1.54) is 0 Å². The summed E-state index contributed by atoms with van der Waals surface area (Å²) in [5.74, 6) is 0.487. The quantitative estimate of drug-likeness (QED) is 0.616. The lowest BCUT2D eigenvalue weighted by Gasteiger charge is -2.19. The smallest absolute Gasteiger partial charge is 0.306 e. The molecule has 0 amide bonds. The van der Waals surface area contributed by atoms with Gasteiger partial charge in [0.25, 0.3) is 0 Å². The molecule has 0 radical (unpaired) electrons. The van der Waals surface area contributed by atoms with Crippen molar-refractivity contribution in [2.45, 2.75) is 39.5 Å². The van der Waals surface area contributed by atoms with Gasteiger partial charge in [-0.3, -0.25) is 4.79 Å². The lowest BCUT2D eigenvalue weighted by Crippen LogP contribution is -2.11. The molecule has 0 unspecified atom stereocenters. The molecule has 0 N–H and O–H groups in total. The van der Waals surface area contributed by atoms with Crippen LogP contribution in [0, 0.1) is 0 Å². The average Bonchev–Trinajstić information content (AvgIpc) is 2.26. The lowest BCUT2D eigenvalue weighted by atomic mass is 9.92. The van der Waals surface area contributed by atoms with E-state index in [1.807, 2.05) is 27.7 Å². The van der Waals surface area contributed by atoms with Crippen LogP contribution in [-0.2, 0) is 10.1 Å². The SMILES string of the molecule is CC(C)c1cc(C=O)cc(C(C)C)c1OS(C)(=O)=O. The maximum absolute atomic E-state index is 11.4. The minimum absolute atomic E-state index is 0.0640. The van der Waals surface area contributed by atoms with Gasteiger partial charge < -0.3 is 4.18 Å². The average molecular weight is 284 g/mol. The van der Waals surface area contributed by atoms with E-state index in [0.29, 0.717) is 11.3 Å². The van der Waals surface area contributed by atoms with Gasteiger partial charge in [0.05, 0.1) is 6.26 Å². The molecule has 4 nitrogen and oxygen atoms in total. The lowest BCUT2D eigenvalue weighted by molar-refractivity contribution is 0.112. The summed E-state index contributed by atoms with van der Waals surface area (Å²) < 4.78 is 28.0. The third kappa shape index (κ3) is 4.06. The molecule has 0 fully saturated rings. The minimum Gasteiger partial charge on any atom is -0.382 e. The first-order chi connectivity index (χ1) is 8.65. The molecule has 106 valence electrons. The van der Waals surface area contributed by atoms with Gasteiger partial charge in [0, 0.05) is 5.56 Å². The van der Waals surface area contributed by atoms with Crippen molar-refractivity contribution in [3.63, 3.8) is 0 Å². The molecule has 19 heavy (non-hydrogen) atoms. The van der Waals surface area contributed by atoms with Gasteiger partial charge in [-0.15, -0.1) is 0 Å². The van der Waals surface area contributed by atoms with E-state index in [2.05, 4.69) is 0 Å². The van der Waals surface area contributed by atoms with E-state index in [-0.39, 0.29) is 11.8 Å². The molecule has 0 spiro atoms. The Morgan fingerprint density at radius 3 is 1.74 bits per heavy atom. The Balaban J connectivity index is 3.58. The van der Waals surface area contributed by atoms with Gasteiger partial charge in [-0.2, -0.15) is 8.42 Å². The van der Waals surface area contributed by atoms with Crippen LogP contribution in [0.4, 0.5) is 0 Å². The highest BCUT2D eigenvalue weighted by molar-refractivity contribution is 7.86. The van der Waals surface area contributed by atoms with Crippen molar-refractivity contribution in [1.29, 1.82) is 0 Å². The molecule has 1 aromatic rings. The fourth-order valence-corrected chi connectivity index (χ4v) is 2.37. The van der Waals surface area contributed by atoms with Crippen LogP contribution < -0.4 is 4.18 Å². The molecule has 0 aliphatic rings. The van der Waals surface area contributed by atoms with Crippen LogP contribution in [0.5, 0.6) is 5.75 Å². The van der Waals surface area contributed by atoms with Crippen molar-refractivity contribution in [3.8, 4) is 5.75 Å². The van der Waals surface area contributed by atoms with Gasteiger partial charge in [-0.25, -0.2) is 0 Å². The topological polar surface area (TPSA) is 60.4 Å². The zero-order valence-electron chi connectivity index (χ0n) is 11.9. The standard InChI is InChI=1S/C14H20O4S/c1-9(2)12-6-11(8-15)7-13(10(3)4)14(12)18-19(5,16)17/h6-10H,1-5H3. The van der Waals surface area contributed by atoms with Gasteiger partial charge in [0.15, 0.2) is 0 Å². The third-order valence-corrected chi connectivity index (χ3v) is 3.25. The van der Waals surface area contributed by atoms with Crippen LogP contribution in [0.3, 0.4) is 0 Å². The second-order valence-electron chi connectivity index (χ2n) is 5.24. The normalized spacial score (nSPS) is 11.9. The first kappa shape index (κ1) is 15.7. The Morgan fingerprint density at radius 1 is 1.05 bits per heavy atom. The largest absolute Gasteiger partial charge is 0.382 e. The predicted molar refractivity (Wildman–Crippen MR) is 75.5 cm³/mol. The summed E-state index contributed by atoms with van der Waals surface area (Å²) >= 11 is 0. The van der Waals surface area contributed by atoms with Crippen LogP contribution in [-0.4, -0.2) is 21.0 Å². The first-order valence-electron chi connectivity index (χ1n) is 6.18. The van der Waals surface area contributed by atoms with Crippen LogP contribution in [0.15, 0.2) is 12.1 Å². The molecule has 0 atom stereocenters. The number of benzene rings is 1. The fourth-order valence-electron chi connectivity index (χ4n) is 1.87. The molecular formula is C14H20O4S. The van der Waals surface area contributed by atoms with Crippen molar-refractivity contribution < 1.29 is 17.4 Å². The molecule has 0 saturated carbocycles. The summed E-state index contributed by atoms with van der Waals surface area (Å²) in [5, 5.41) is 0. The maximum Gasteiger partial charge on any atom is 0.306 e. The van der Waals surface area contributed by atoms with Crippen molar-refractivity contribution in [1.82, 2.24) is 0 Å². The van der Waals surface area contributed by atoms with E-state index in [0.717, 1.165) is 23.7 Å². The molecule has 0 heterocycles. The van der Waals surface area contributed by atoms with Gasteiger partial charge in [-0.05, 0) is 35.1 Å². The molecule has 0 bridgehead atoms. The first-order valence-corrected chi connectivity index (χ1v) is 7.99. The molecular weight excluding hydrogens is 264 g/mol. The molecule has 0 aromatic heterocycles. The monoisotopic (exact) mass is 284 g/mol. The molecule has 0 aliphatic heterocycles. The maximum atomic E-state index is 11.4. The van der Waals surface area contributed by atoms with Crippen molar-refractivity contribution in [3.05, 3.63) is 28.8 Å². The minimum atomic E-state index is -3.60. The van der Waals surface area contributed by atoms with Crippen LogP contribution in [0.2, 0.25) is 0 Å². The molecule has 1 aromatic carbocycles. The van der Waals surface area contributed by atoms with Crippen molar-refractivity contribution in [2.75, 3.05) is 6.26 Å². The Kier molecular flexibility index (Phi) is 4.74. The number of hydrogen-bond acceptors (Lipinski definition) is 4. The molecule has 0 saturated heterocycles. The van der Waals surface area contributed by atoms with E-state index in [4.69, 9.17) is 4.18 Å². The van der Waals surface area contributed by atoms with E-state index < -0.39 is 10.1 Å². The molecule has 1 rings (SSSR count). The Labute approximate surface area is 114 Å². The highest BCUT2D eigenvalue weighted by Crippen LogP contribution is 2.36. The zero-order valence-corrected chi connectivity index (χ0v) is 12.7. The van der Waals surface area contributed by atoms with Gasteiger partial charge in [-0.1, -0.05) is 27.7 Å².